The SMILES string of the molecule is O=C(NCC(CO)CO)n1ccc(-c2cnc(NCCN3CCNCC3)o2)n1. The summed E-state index contributed by atoms with van der Waals surface area (Å²) in [6, 6.07) is 1.62. The summed E-state index contributed by atoms with van der Waals surface area (Å²) in [5.41, 5.74) is 0.485. The number of amides is 1. The van der Waals surface area contributed by atoms with Crippen LogP contribution in [-0.4, -0.2) is 94.9 Å². The topological polar surface area (TPSA) is 141 Å². The maximum atomic E-state index is 12.1. The van der Waals surface area contributed by atoms with Crippen LogP contribution in [0.3, 0.4) is 0 Å². The maximum absolute atomic E-state index is 12.1. The number of carbonyl (C=O) groups excluding carboxylic acids is 1. The van der Waals surface area contributed by atoms with Gasteiger partial charge in [-0.05, 0) is 6.07 Å². The van der Waals surface area contributed by atoms with Gasteiger partial charge in [0, 0.05) is 71.1 Å². The lowest BCUT2D eigenvalue weighted by Gasteiger charge is -2.26. The van der Waals surface area contributed by atoms with E-state index in [2.05, 4.69) is 30.9 Å². The van der Waals surface area contributed by atoms with Crippen LogP contribution < -0.4 is 16.0 Å². The number of rotatable bonds is 9. The summed E-state index contributed by atoms with van der Waals surface area (Å²) in [6.45, 7) is 5.49. The summed E-state index contributed by atoms with van der Waals surface area (Å²) in [4.78, 5) is 18.6. The third kappa shape index (κ3) is 5.52. The highest BCUT2D eigenvalue weighted by Gasteiger charge is 2.14. The third-order valence-corrected chi connectivity index (χ3v) is 4.53. The zero-order valence-corrected chi connectivity index (χ0v) is 15.7. The van der Waals surface area contributed by atoms with Crippen LogP contribution in [0.4, 0.5) is 10.8 Å². The summed E-state index contributed by atoms with van der Waals surface area (Å²) < 4.78 is 6.80. The first-order valence-corrected chi connectivity index (χ1v) is 9.38. The van der Waals surface area contributed by atoms with Gasteiger partial charge in [0.2, 0.25) is 0 Å². The molecule has 0 saturated carbocycles. The first-order chi connectivity index (χ1) is 13.7. The Morgan fingerprint density at radius 3 is 2.86 bits per heavy atom. The smallest absolute Gasteiger partial charge is 0.342 e. The number of nitrogens with one attached hydrogen (secondary N) is 3. The zero-order valence-electron chi connectivity index (χ0n) is 15.7. The van der Waals surface area contributed by atoms with Crippen molar-refractivity contribution >= 4 is 12.0 Å². The monoisotopic (exact) mass is 393 g/mol. The van der Waals surface area contributed by atoms with Gasteiger partial charge in [0.25, 0.3) is 6.01 Å². The number of hydrogen-bond acceptors (Lipinski definition) is 9. The molecule has 1 amide bonds. The van der Waals surface area contributed by atoms with Gasteiger partial charge >= 0.3 is 6.03 Å². The van der Waals surface area contributed by atoms with Crippen LogP contribution in [0.15, 0.2) is 22.9 Å². The van der Waals surface area contributed by atoms with E-state index in [0.717, 1.165) is 44.0 Å². The molecule has 28 heavy (non-hydrogen) atoms. The predicted molar refractivity (Wildman–Crippen MR) is 102 cm³/mol. The second-order valence-corrected chi connectivity index (χ2v) is 6.61. The van der Waals surface area contributed by atoms with Crippen LogP contribution in [0.1, 0.15) is 0 Å². The van der Waals surface area contributed by atoms with Gasteiger partial charge < -0.3 is 30.6 Å². The molecule has 11 heteroatoms. The van der Waals surface area contributed by atoms with Crippen molar-refractivity contribution in [3.05, 3.63) is 18.5 Å². The van der Waals surface area contributed by atoms with Crippen molar-refractivity contribution in [1.29, 1.82) is 0 Å². The van der Waals surface area contributed by atoms with Crippen molar-refractivity contribution in [1.82, 2.24) is 30.3 Å². The molecule has 2 aromatic heterocycles. The van der Waals surface area contributed by atoms with Gasteiger partial charge in [-0.2, -0.15) is 9.78 Å². The molecule has 2 aromatic rings. The van der Waals surface area contributed by atoms with Gasteiger partial charge in [0.05, 0.1) is 6.20 Å². The van der Waals surface area contributed by atoms with E-state index in [0.29, 0.717) is 17.5 Å². The molecule has 0 bridgehead atoms. The highest BCUT2D eigenvalue weighted by atomic mass is 16.4. The Balaban J connectivity index is 1.48. The second kappa shape index (κ2) is 10.2. The van der Waals surface area contributed by atoms with Crippen molar-refractivity contribution in [3.63, 3.8) is 0 Å². The van der Waals surface area contributed by atoms with E-state index >= 15 is 0 Å². The number of anilines is 1. The van der Waals surface area contributed by atoms with E-state index in [1.807, 2.05) is 0 Å². The van der Waals surface area contributed by atoms with Crippen LogP contribution >= 0.6 is 0 Å². The van der Waals surface area contributed by atoms with E-state index in [1.165, 1.54) is 6.20 Å². The number of piperazine rings is 1. The minimum atomic E-state index is -0.452. The largest absolute Gasteiger partial charge is 0.422 e. The van der Waals surface area contributed by atoms with Crippen molar-refractivity contribution in [2.24, 2.45) is 5.92 Å². The molecule has 5 N–H and O–H groups in total. The Morgan fingerprint density at radius 2 is 2.11 bits per heavy atom. The number of oxazole rings is 1. The maximum Gasteiger partial charge on any atom is 0.342 e. The summed E-state index contributed by atoms with van der Waals surface area (Å²) in [6.07, 6.45) is 3.07. The Hall–Kier alpha value is -2.47. The van der Waals surface area contributed by atoms with E-state index in [9.17, 15) is 4.79 Å². The molecule has 154 valence electrons. The summed E-state index contributed by atoms with van der Waals surface area (Å²) in [7, 11) is 0. The molecule has 0 aliphatic carbocycles. The lowest BCUT2D eigenvalue weighted by molar-refractivity contribution is 0.149. The molecule has 0 radical (unpaired) electrons. The van der Waals surface area contributed by atoms with Gasteiger partial charge in [-0.25, -0.2) is 9.78 Å². The fourth-order valence-electron chi connectivity index (χ4n) is 2.80. The quantitative estimate of drug-likeness (QED) is 0.363. The molecular weight excluding hydrogens is 366 g/mol. The van der Waals surface area contributed by atoms with Crippen LogP contribution in [0.25, 0.3) is 11.5 Å². The average Bonchev–Trinajstić information content (AvgIpc) is 3.39. The van der Waals surface area contributed by atoms with E-state index < -0.39 is 11.9 Å². The third-order valence-electron chi connectivity index (χ3n) is 4.53. The van der Waals surface area contributed by atoms with Gasteiger partial charge in [-0.15, -0.1) is 0 Å². The van der Waals surface area contributed by atoms with Crippen molar-refractivity contribution in [3.8, 4) is 11.5 Å². The molecule has 0 unspecified atom stereocenters. The molecule has 1 aliphatic heterocycles. The normalized spacial score (nSPS) is 15.1. The highest BCUT2D eigenvalue weighted by Crippen LogP contribution is 2.20. The van der Waals surface area contributed by atoms with E-state index in [1.54, 1.807) is 12.3 Å². The standard InChI is InChI=1S/C17H27N7O4/c25-11-13(12-26)9-21-17(27)24-5-1-14(22-24)15-10-20-16(28-15)19-4-8-23-6-2-18-3-7-23/h1,5,10,13,18,25-26H,2-4,6-9,11-12H2,(H,19,20)(H,21,27). The second-order valence-electron chi connectivity index (χ2n) is 6.61. The first kappa shape index (κ1) is 20.3. The molecule has 0 atom stereocenters. The molecule has 1 saturated heterocycles. The fourth-order valence-corrected chi connectivity index (χ4v) is 2.80. The van der Waals surface area contributed by atoms with Crippen molar-refractivity contribution in [2.75, 3.05) is 64.3 Å². The van der Waals surface area contributed by atoms with Gasteiger partial charge in [-0.3, -0.25) is 4.90 Å². The lowest BCUT2D eigenvalue weighted by atomic mass is 10.2. The number of hydrogen-bond donors (Lipinski definition) is 5. The van der Waals surface area contributed by atoms with Gasteiger partial charge in [-0.1, -0.05) is 0 Å². The average molecular weight is 393 g/mol. The van der Waals surface area contributed by atoms with Crippen molar-refractivity contribution < 1.29 is 19.4 Å². The molecule has 1 fully saturated rings. The van der Waals surface area contributed by atoms with Crippen LogP contribution in [-0.2, 0) is 0 Å². The minimum absolute atomic E-state index is 0.157. The number of carbonyl (C=O) groups is 1. The number of aliphatic hydroxyl groups is 2. The van der Waals surface area contributed by atoms with Crippen molar-refractivity contribution in [2.45, 2.75) is 0 Å². The van der Waals surface area contributed by atoms with Crippen LogP contribution in [0, 0.1) is 5.92 Å². The molecule has 0 aromatic carbocycles. The summed E-state index contributed by atoms with van der Waals surface area (Å²) in [5, 5.41) is 31.3. The Kier molecular flexibility index (Phi) is 7.37. The highest BCUT2D eigenvalue weighted by molar-refractivity contribution is 5.76. The summed E-state index contributed by atoms with van der Waals surface area (Å²) >= 11 is 0. The van der Waals surface area contributed by atoms with Crippen LogP contribution in [0.2, 0.25) is 0 Å². The predicted octanol–water partition coefficient (Wildman–Crippen LogP) is -0.986. The summed E-state index contributed by atoms with van der Waals surface area (Å²) in [5.74, 6) is 0.0582. The van der Waals surface area contributed by atoms with Gasteiger partial charge in [0.1, 0.15) is 5.69 Å². The molecule has 11 nitrogen and oxygen atoms in total. The number of aromatic nitrogens is 3. The van der Waals surface area contributed by atoms with E-state index in [4.69, 9.17) is 14.6 Å². The molecular formula is C17H27N7O4. The van der Waals surface area contributed by atoms with Gasteiger partial charge in [0.15, 0.2) is 5.76 Å². The number of aliphatic hydroxyl groups excluding tert-OH is 2. The zero-order chi connectivity index (χ0) is 19.8. The number of nitrogens with zero attached hydrogens (tertiary/aromatic N) is 4. The van der Waals surface area contributed by atoms with E-state index in [-0.39, 0.29) is 19.8 Å². The molecule has 3 rings (SSSR count). The van der Waals surface area contributed by atoms with Crippen LogP contribution in [0.5, 0.6) is 0 Å². The fraction of sp³-hybridized carbons (Fsp3) is 0.588. The molecule has 0 spiro atoms. The molecule has 3 heterocycles. The minimum Gasteiger partial charge on any atom is -0.422 e. The Labute approximate surface area is 162 Å². The first-order valence-electron chi connectivity index (χ1n) is 9.38. The Bertz CT molecular complexity index is 737. The molecule has 1 aliphatic rings. The lowest BCUT2D eigenvalue weighted by Crippen LogP contribution is -2.45. The Morgan fingerprint density at radius 1 is 1.32 bits per heavy atom.